The number of carbonyl (C=O) groups excluding carboxylic acids is 1. The first-order valence-electron chi connectivity index (χ1n) is 6.78. The number of carbonyl (C=O) groups is 1. The zero-order valence-corrected chi connectivity index (χ0v) is 11.8. The highest BCUT2D eigenvalue weighted by molar-refractivity contribution is 5.92. The molecule has 0 aromatic carbocycles. The molecule has 98 valence electrons. The van der Waals surface area contributed by atoms with Crippen LogP contribution in [0, 0.1) is 11.3 Å². The van der Waals surface area contributed by atoms with Gasteiger partial charge in [-0.15, -0.1) is 0 Å². The molecule has 2 nitrogen and oxygen atoms in total. The molecule has 0 aliphatic heterocycles. The lowest BCUT2D eigenvalue weighted by molar-refractivity contribution is -0.119. The van der Waals surface area contributed by atoms with E-state index in [-0.39, 0.29) is 17.4 Å². The van der Waals surface area contributed by atoms with Crippen LogP contribution < -0.4 is 5.32 Å². The molecule has 17 heavy (non-hydrogen) atoms. The minimum absolute atomic E-state index is 0.00972. The van der Waals surface area contributed by atoms with Gasteiger partial charge in [-0.05, 0) is 31.1 Å². The molecule has 1 saturated carbocycles. The fourth-order valence-electron chi connectivity index (χ4n) is 2.77. The predicted molar refractivity (Wildman–Crippen MR) is 72.8 cm³/mol. The summed E-state index contributed by atoms with van der Waals surface area (Å²) in [5.74, 6) is 0.641. The standard InChI is InChI=1S/C15H27NO/c1-11(2)14(17)16-13(15(3,4)5)12-9-7-6-8-10-12/h12-13H,1,6-10H2,2-5H3,(H,16,17). The normalized spacial score (nSPS) is 19.8. The molecule has 1 N–H and O–H groups in total. The van der Waals surface area contributed by atoms with Gasteiger partial charge in [-0.1, -0.05) is 46.6 Å². The van der Waals surface area contributed by atoms with E-state index in [1.807, 2.05) is 0 Å². The largest absolute Gasteiger partial charge is 0.349 e. The number of nitrogens with one attached hydrogen (secondary N) is 1. The van der Waals surface area contributed by atoms with E-state index in [2.05, 4.69) is 32.7 Å². The van der Waals surface area contributed by atoms with Crippen LogP contribution in [0.15, 0.2) is 12.2 Å². The SMILES string of the molecule is C=C(C)C(=O)NC(C1CCCCC1)C(C)(C)C. The number of rotatable bonds is 3. The Bertz CT molecular complexity index is 282. The zero-order valence-electron chi connectivity index (χ0n) is 11.8. The molecule has 0 radical (unpaired) electrons. The summed E-state index contributed by atoms with van der Waals surface area (Å²) in [5, 5.41) is 3.19. The Morgan fingerprint density at radius 2 is 1.76 bits per heavy atom. The second-order valence-corrected chi connectivity index (χ2v) is 6.50. The van der Waals surface area contributed by atoms with Crippen molar-refractivity contribution in [2.24, 2.45) is 11.3 Å². The third-order valence-electron chi connectivity index (χ3n) is 3.73. The minimum Gasteiger partial charge on any atom is -0.349 e. The van der Waals surface area contributed by atoms with Crippen LogP contribution in [0.4, 0.5) is 0 Å². The van der Waals surface area contributed by atoms with Crippen LogP contribution in [0.5, 0.6) is 0 Å². The smallest absolute Gasteiger partial charge is 0.246 e. The third kappa shape index (κ3) is 4.18. The Labute approximate surface area is 106 Å². The topological polar surface area (TPSA) is 29.1 Å². The molecular formula is C15H27NO. The molecule has 1 amide bonds. The van der Waals surface area contributed by atoms with Gasteiger partial charge in [-0.2, -0.15) is 0 Å². The monoisotopic (exact) mass is 237 g/mol. The Morgan fingerprint density at radius 1 is 1.24 bits per heavy atom. The molecule has 1 aliphatic carbocycles. The fourth-order valence-corrected chi connectivity index (χ4v) is 2.77. The maximum absolute atomic E-state index is 11.8. The zero-order chi connectivity index (χ0) is 13.1. The van der Waals surface area contributed by atoms with Crippen molar-refractivity contribution in [3.63, 3.8) is 0 Å². The summed E-state index contributed by atoms with van der Waals surface area (Å²) in [6, 6.07) is 0.270. The summed E-state index contributed by atoms with van der Waals surface area (Å²) in [4.78, 5) is 11.8. The maximum atomic E-state index is 11.8. The highest BCUT2D eigenvalue weighted by Crippen LogP contribution is 2.34. The van der Waals surface area contributed by atoms with Crippen LogP contribution in [-0.2, 0) is 4.79 Å². The second kappa shape index (κ2) is 5.70. The van der Waals surface area contributed by atoms with Crippen molar-refractivity contribution in [3.8, 4) is 0 Å². The van der Waals surface area contributed by atoms with Gasteiger partial charge in [0, 0.05) is 11.6 Å². The van der Waals surface area contributed by atoms with Crippen LogP contribution in [0.3, 0.4) is 0 Å². The van der Waals surface area contributed by atoms with Crippen LogP contribution in [0.2, 0.25) is 0 Å². The van der Waals surface area contributed by atoms with E-state index >= 15 is 0 Å². The lowest BCUT2D eigenvalue weighted by Crippen LogP contribution is -2.49. The predicted octanol–water partition coefficient (Wildman–Crippen LogP) is 3.67. The molecule has 2 heteroatoms. The van der Waals surface area contributed by atoms with Crippen molar-refractivity contribution < 1.29 is 4.79 Å². The lowest BCUT2D eigenvalue weighted by Gasteiger charge is -2.39. The number of hydrogen-bond acceptors (Lipinski definition) is 1. The van der Waals surface area contributed by atoms with Gasteiger partial charge in [0.2, 0.25) is 5.91 Å². The van der Waals surface area contributed by atoms with Crippen LogP contribution in [0.25, 0.3) is 0 Å². The van der Waals surface area contributed by atoms with E-state index in [0.29, 0.717) is 11.5 Å². The Hall–Kier alpha value is -0.790. The molecule has 0 spiro atoms. The molecule has 1 fully saturated rings. The molecule has 0 bridgehead atoms. The van der Waals surface area contributed by atoms with E-state index in [4.69, 9.17) is 0 Å². The van der Waals surface area contributed by atoms with Crippen LogP contribution in [0.1, 0.15) is 59.8 Å². The Kier molecular flexibility index (Phi) is 4.79. The minimum atomic E-state index is 0.00972. The van der Waals surface area contributed by atoms with Gasteiger partial charge in [0.1, 0.15) is 0 Å². The highest BCUT2D eigenvalue weighted by atomic mass is 16.1. The molecule has 1 aliphatic rings. The summed E-state index contributed by atoms with van der Waals surface area (Å²) in [6.07, 6.45) is 6.46. The average molecular weight is 237 g/mol. The third-order valence-corrected chi connectivity index (χ3v) is 3.73. The Morgan fingerprint density at radius 3 is 2.18 bits per heavy atom. The molecule has 1 atom stereocenters. The van der Waals surface area contributed by atoms with Crippen molar-refractivity contribution in [3.05, 3.63) is 12.2 Å². The van der Waals surface area contributed by atoms with E-state index in [1.54, 1.807) is 6.92 Å². The van der Waals surface area contributed by atoms with Crippen LogP contribution >= 0.6 is 0 Å². The molecule has 0 aromatic rings. The quantitative estimate of drug-likeness (QED) is 0.745. The summed E-state index contributed by atoms with van der Waals surface area (Å²) < 4.78 is 0. The fraction of sp³-hybridized carbons (Fsp3) is 0.800. The van der Waals surface area contributed by atoms with Crippen molar-refractivity contribution in [1.82, 2.24) is 5.32 Å². The molecule has 1 rings (SSSR count). The van der Waals surface area contributed by atoms with Gasteiger partial charge in [0.05, 0.1) is 0 Å². The van der Waals surface area contributed by atoms with Gasteiger partial charge in [-0.25, -0.2) is 0 Å². The highest BCUT2D eigenvalue weighted by Gasteiger charge is 2.34. The Balaban J connectivity index is 2.73. The second-order valence-electron chi connectivity index (χ2n) is 6.50. The first-order valence-corrected chi connectivity index (χ1v) is 6.78. The van der Waals surface area contributed by atoms with Crippen molar-refractivity contribution in [2.45, 2.75) is 65.8 Å². The van der Waals surface area contributed by atoms with E-state index in [0.717, 1.165) is 0 Å². The summed E-state index contributed by atoms with van der Waals surface area (Å²) in [5.41, 5.74) is 0.725. The molecule has 1 unspecified atom stereocenters. The summed E-state index contributed by atoms with van der Waals surface area (Å²) in [7, 11) is 0. The van der Waals surface area contributed by atoms with Gasteiger partial charge in [0.15, 0.2) is 0 Å². The molecular weight excluding hydrogens is 210 g/mol. The number of amides is 1. The van der Waals surface area contributed by atoms with Crippen molar-refractivity contribution >= 4 is 5.91 Å². The summed E-state index contributed by atoms with van der Waals surface area (Å²) >= 11 is 0. The first kappa shape index (κ1) is 14.3. The average Bonchev–Trinajstić information content (AvgIpc) is 2.25. The van der Waals surface area contributed by atoms with E-state index in [9.17, 15) is 4.79 Å². The van der Waals surface area contributed by atoms with E-state index < -0.39 is 0 Å². The van der Waals surface area contributed by atoms with Crippen molar-refractivity contribution in [1.29, 1.82) is 0 Å². The van der Waals surface area contributed by atoms with Crippen LogP contribution in [-0.4, -0.2) is 11.9 Å². The van der Waals surface area contributed by atoms with Gasteiger partial charge < -0.3 is 5.32 Å². The van der Waals surface area contributed by atoms with E-state index in [1.165, 1.54) is 32.1 Å². The summed E-state index contributed by atoms with van der Waals surface area (Å²) in [6.45, 7) is 12.1. The maximum Gasteiger partial charge on any atom is 0.246 e. The lowest BCUT2D eigenvalue weighted by atomic mass is 9.73. The molecule has 0 saturated heterocycles. The molecule has 0 aromatic heterocycles. The van der Waals surface area contributed by atoms with Gasteiger partial charge >= 0.3 is 0 Å². The number of hydrogen-bond donors (Lipinski definition) is 1. The molecule has 0 heterocycles. The van der Waals surface area contributed by atoms with Crippen molar-refractivity contribution in [2.75, 3.05) is 0 Å². The van der Waals surface area contributed by atoms with Gasteiger partial charge in [0.25, 0.3) is 0 Å². The van der Waals surface area contributed by atoms with Gasteiger partial charge in [-0.3, -0.25) is 4.79 Å². The first-order chi connectivity index (χ1) is 7.82.